The SMILES string of the molecule is O=P(O)(O)O.[KH].[KH].c1ccccc1. The molecule has 0 aromatic heterocycles. The van der Waals surface area contributed by atoms with Crippen LogP contribution < -0.4 is 0 Å². The van der Waals surface area contributed by atoms with Crippen LogP contribution in [0.25, 0.3) is 0 Å². The van der Waals surface area contributed by atoms with Crippen molar-refractivity contribution in [3.63, 3.8) is 0 Å². The molecule has 3 N–H and O–H groups in total. The van der Waals surface area contributed by atoms with Crippen molar-refractivity contribution < 1.29 is 19.2 Å². The molecule has 0 atom stereocenters. The maximum absolute atomic E-state index is 8.88. The van der Waals surface area contributed by atoms with Crippen LogP contribution in [0.1, 0.15) is 0 Å². The van der Waals surface area contributed by atoms with Crippen LogP contribution in [-0.2, 0) is 4.57 Å². The zero-order valence-electron chi connectivity index (χ0n) is 5.66. The third-order valence-corrected chi connectivity index (χ3v) is 0.667. The smallest absolute Gasteiger partial charge is 0.0623 e. The van der Waals surface area contributed by atoms with Crippen molar-refractivity contribution in [3.8, 4) is 0 Å². The molecule has 0 amide bonds. The van der Waals surface area contributed by atoms with Crippen LogP contribution in [-0.4, -0.2) is 117 Å². The molecule has 0 aliphatic heterocycles. The summed E-state index contributed by atoms with van der Waals surface area (Å²) < 4.78 is 8.88. The van der Waals surface area contributed by atoms with Gasteiger partial charge in [-0.1, -0.05) is 36.4 Å². The fourth-order valence-electron chi connectivity index (χ4n) is 0.385. The van der Waals surface area contributed by atoms with Crippen molar-refractivity contribution >= 4 is 111 Å². The third-order valence-electron chi connectivity index (χ3n) is 0.667. The van der Waals surface area contributed by atoms with Crippen molar-refractivity contribution in [2.45, 2.75) is 0 Å². The Bertz CT molecular complexity index is 190. The van der Waals surface area contributed by atoms with E-state index in [9.17, 15) is 0 Å². The minimum absolute atomic E-state index is 0. The zero-order valence-corrected chi connectivity index (χ0v) is 6.56. The third kappa shape index (κ3) is 31.3. The molecule has 0 fully saturated rings. The fraction of sp³-hybridized carbons (Fsp3) is 0. The first kappa shape index (κ1) is 20.9. The quantitative estimate of drug-likeness (QED) is 0.430. The molecule has 1 aromatic rings. The standard InChI is InChI=1S/C6H6.2K.H3O4P.2H/c1-2-4-6-5-3-1;;;1-5(2,3)4;;/h1-6H;;;(H3,1,2,3,4);;. The van der Waals surface area contributed by atoms with E-state index in [1.165, 1.54) is 0 Å². The monoisotopic (exact) mass is 256 g/mol. The van der Waals surface area contributed by atoms with Crippen LogP contribution in [0.4, 0.5) is 0 Å². The summed E-state index contributed by atoms with van der Waals surface area (Å²) in [5, 5.41) is 0. The predicted molar refractivity (Wildman–Crippen MR) is 55.0 cm³/mol. The summed E-state index contributed by atoms with van der Waals surface area (Å²) in [6.07, 6.45) is 0. The van der Waals surface area contributed by atoms with Gasteiger partial charge in [-0.05, 0) is 0 Å². The van der Waals surface area contributed by atoms with Gasteiger partial charge >= 0.3 is 111 Å². The molecular formula is C6H11K2O4P. The molecule has 66 valence electrons. The largest absolute Gasteiger partial charge is 0.0623 e. The van der Waals surface area contributed by atoms with E-state index < -0.39 is 7.82 Å². The first-order valence-electron chi connectivity index (χ1n) is 2.78. The van der Waals surface area contributed by atoms with Crippen LogP contribution in [0.2, 0.25) is 0 Å². The van der Waals surface area contributed by atoms with Crippen LogP contribution in [0.5, 0.6) is 0 Å². The second kappa shape index (κ2) is 12.7. The van der Waals surface area contributed by atoms with E-state index >= 15 is 0 Å². The Morgan fingerprint density at radius 3 is 0.846 bits per heavy atom. The maximum Gasteiger partial charge on any atom is -0.0623 e. The summed E-state index contributed by atoms with van der Waals surface area (Å²) in [5.74, 6) is 0. The number of phosphoric acid groups is 1. The van der Waals surface area contributed by atoms with E-state index in [2.05, 4.69) is 0 Å². The predicted octanol–water partition coefficient (Wildman–Crippen LogP) is -0.539. The summed E-state index contributed by atoms with van der Waals surface area (Å²) in [5.41, 5.74) is 0. The van der Waals surface area contributed by atoms with Gasteiger partial charge in [0.1, 0.15) is 0 Å². The Morgan fingerprint density at radius 2 is 0.769 bits per heavy atom. The summed E-state index contributed by atoms with van der Waals surface area (Å²) in [4.78, 5) is 21.6. The molecule has 1 aromatic carbocycles. The Morgan fingerprint density at radius 1 is 0.692 bits per heavy atom. The molecule has 0 spiro atoms. The molecule has 0 heterocycles. The molecule has 0 saturated carbocycles. The zero-order chi connectivity index (χ0) is 8.74. The van der Waals surface area contributed by atoms with Gasteiger partial charge in [0.25, 0.3) is 0 Å². The van der Waals surface area contributed by atoms with Crippen molar-refractivity contribution in [2.24, 2.45) is 0 Å². The number of benzene rings is 1. The first-order chi connectivity index (χ1) is 5.00. The van der Waals surface area contributed by atoms with Crippen molar-refractivity contribution in [1.29, 1.82) is 0 Å². The maximum atomic E-state index is 8.88. The van der Waals surface area contributed by atoms with Gasteiger partial charge in [-0.25, -0.2) is 4.57 Å². The van der Waals surface area contributed by atoms with Gasteiger partial charge in [0.2, 0.25) is 0 Å². The van der Waals surface area contributed by atoms with E-state index in [4.69, 9.17) is 19.2 Å². The second-order valence-corrected chi connectivity index (χ2v) is 2.69. The first-order valence-corrected chi connectivity index (χ1v) is 4.35. The van der Waals surface area contributed by atoms with E-state index in [-0.39, 0.29) is 103 Å². The summed E-state index contributed by atoms with van der Waals surface area (Å²) in [6.45, 7) is 0. The molecule has 0 bridgehead atoms. The molecule has 0 aliphatic rings. The summed E-state index contributed by atoms with van der Waals surface area (Å²) in [7, 11) is -4.64. The van der Waals surface area contributed by atoms with Gasteiger partial charge in [0.05, 0.1) is 0 Å². The molecule has 0 unspecified atom stereocenters. The van der Waals surface area contributed by atoms with Crippen molar-refractivity contribution in [2.75, 3.05) is 0 Å². The van der Waals surface area contributed by atoms with Crippen LogP contribution in [0, 0.1) is 0 Å². The molecule has 13 heavy (non-hydrogen) atoms. The van der Waals surface area contributed by atoms with Crippen LogP contribution in [0.15, 0.2) is 36.4 Å². The van der Waals surface area contributed by atoms with Gasteiger partial charge in [0, 0.05) is 0 Å². The van der Waals surface area contributed by atoms with E-state index in [0.29, 0.717) is 0 Å². The molecule has 0 radical (unpaired) electrons. The van der Waals surface area contributed by atoms with Crippen molar-refractivity contribution in [3.05, 3.63) is 36.4 Å². The van der Waals surface area contributed by atoms with Crippen LogP contribution in [0.3, 0.4) is 0 Å². The molecule has 4 nitrogen and oxygen atoms in total. The van der Waals surface area contributed by atoms with Gasteiger partial charge in [-0.15, -0.1) is 0 Å². The van der Waals surface area contributed by atoms with Gasteiger partial charge in [-0.3, -0.25) is 0 Å². The number of hydrogen-bond donors (Lipinski definition) is 3. The molecule has 0 aliphatic carbocycles. The minimum atomic E-state index is -4.64. The number of hydrogen-bond acceptors (Lipinski definition) is 1. The van der Waals surface area contributed by atoms with E-state index in [1.807, 2.05) is 36.4 Å². The Hall–Kier alpha value is 2.60. The minimum Gasteiger partial charge on any atom is -0.0623 e. The van der Waals surface area contributed by atoms with Gasteiger partial charge in [0.15, 0.2) is 0 Å². The Kier molecular flexibility index (Phi) is 20.4. The molecule has 0 saturated heterocycles. The molecular weight excluding hydrogens is 245 g/mol. The summed E-state index contributed by atoms with van der Waals surface area (Å²) >= 11 is 0. The Balaban J connectivity index is -0.000000136. The molecule has 1 rings (SSSR count). The fourth-order valence-corrected chi connectivity index (χ4v) is 0.385. The number of rotatable bonds is 0. The molecule has 7 heteroatoms. The van der Waals surface area contributed by atoms with Gasteiger partial charge < -0.3 is 14.7 Å². The average Bonchev–Trinajstić information content (AvgIpc) is 1.88. The second-order valence-electron chi connectivity index (χ2n) is 1.67. The topological polar surface area (TPSA) is 77.8 Å². The van der Waals surface area contributed by atoms with Crippen molar-refractivity contribution in [1.82, 2.24) is 0 Å². The van der Waals surface area contributed by atoms with Crippen LogP contribution >= 0.6 is 7.82 Å². The Labute approximate surface area is 162 Å². The van der Waals surface area contributed by atoms with E-state index in [1.54, 1.807) is 0 Å². The van der Waals surface area contributed by atoms with E-state index in [0.717, 1.165) is 0 Å². The summed E-state index contributed by atoms with van der Waals surface area (Å²) in [6, 6.07) is 12.0. The normalized spacial score (nSPS) is 8.23. The average molecular weight is 256 g/mol. The van der Waals surface area contributed by atoms with Gasteiger partial charge in [-0.2, -0.15) is 0 Å².